The van der Waals surface area contributed by atoms with Crippen LogP contribution in [0, 0.1) is 0 Å². The summed E-state index contributed by atoms with van der Waals surface area (Å²) in [6, 6.07) is 2.51. The fourth-order valence-corrected chi connectivity index (χ4v) is 2.68. The Kier molecular flexibility index (Phi) is 5.94. The van der Waals surface area contributed by atoms with Crippen LogP contribution in [0.3, 0.4) is 0 Å². The molecule has 3 nitrogen and oxygen atoms in total. The first-order chi connectivity index (χ1) is 5.84. The molecule has 1 aromatic rings. The minimum atomic E-state index is -4.97. The van der Waals surface area contributed by atoms with Crippen molar-refractivity contribution in [3.05, 3.63) is 27.2 Å². The van der Waals surface area contributed by atoms with Crippen molar-refractivity contribution >= 4 is 71.1 Å². The van der Waals surface area contributed by atoms with Gasteiger partial charge in [0, 0.05) is 0 Å². The largest absolute Gasteiger partial charge is 2.00 e. The summed E-state index contributed by atoms with van der Waals surface area (Å²) in [6.07, 6.45) is 0. The quantitative estimate of drug-likeness (QED) is 0.405. The third kappa shape index (κ3) is 3.34. The van der Waals surface area contributed by atoms with Crippen LogP contribution in [0.2, 0.25) is 15.1 Å². The molecule has 0 aliphatic heterocycles. The zero-order valence-electron chi connectivity index (χ0n) is 6.67. The Hall–Kier alpha value is 1.17. The number of benzene rings is 1. The Labute approximate surface area is 112 Å². The molecule has 0 atom stereocenters. The van der Waals surface area contributed by atoms with Crippen LogP contribution in [0.5, 0.6) is 0 Å². The standard InChI is InChI=1S/C6H4Cl3O3P.Mg/c7-3-1-2-4(8)6(5(3)9)13(10,11)12;/h1-2H,(H2,10,11,12);/q;+2/p-2. The minimum absolute atomic E-state index is 0. The van der Waals surface area contributed by atoms with Crippen LogP contribution in [0.15, 0.2) is 12.1 Å². The monoisotopic (exact) mass is 282 g/mol. The van der Waals surface area contributed by atoms with E-state index < -0.39 is 13.2 Å². The number of halogens is 3. The van der Waals surface area contributed by atoms with E-state index >= 15 is 0 Å². The molecule has 1 aromatic carbocycles. The fourth-order valence-electron chi connectivity index (χ4n) is 0.767. The summed E-state index contributed by atoms with van der Waals surface area (Å²) in [6.45, 7) is 0. The van der Waals surface area contributed by atoms with Gasteiger partial charge in [-0.3, -0.25) is 0 Å². The molecule has 0 amide bonds. The summed E-state index contributed by atoms with van der Waals surface area (Å²) in [5.41, 5.74) is 0. The second-order valence-corrected chi connectivity index (χ2v) is 4.82. The van der Waals surface area contributed by atoms with Crippen LogP contribution in [-0.4, -0.2) is 23.1 Å². The molecular weight excluding hydrogens is 282 g/mol. The van der Waals surface area contributed by atoms with Gasteiger partial charge in [0.1, 0.15) is 10.3 Å². The molecule has 0 saturated carbocycles. The molecule has 8 heteroatoms. The van der Waals surface area contributed by atoms with Crippen molar-refractivity contribution in [3.8, 4) is 0 Å². The van der Waals surface area contributed by atoms with Gasteiger partial charge in [-0.05, 0) is 12.1 Å². The van der Waals surface area contributed by atoms with Gasteiger partial charge in [-0.25, -0.2) is 0 Å². The molecule has 0 radical (unpaired) electrons. The molecule has 1 rings (SSSR count). The van der Waals surface area contributed by atoms with Gasteiger partial charge in [0.05, 0.1) is 10.0 Å². The summed E-state index contributed by atoms with van der Waals surface area (Å²) in [5.74, 6) is 0. The zero-order valence-corrected chi connectivity index (χ0v) is 11.2. The first kappa shape index (κ1) is 15.2. The van der Waals surface area contributed by atoms with Gasteiger partial charge in [0.2, 0.25) is 0 Å². The van der Waals surface area contributed by atoms with E-state index in [2.05, 4.69) is 0 Å². The van der Waals surface area contributed by atoms with E-state index in [-0.39, 0.29) is 38.1 Å². The molecule has 0 aliphatic rings. The van der Waals surface area contributed by atoms with Gasteiger partial charge in [0.25, 0.3) is 0 Å². The molecule has 0 aromatic heterocycles. The summed E-state index contributed by atoms with van der Waals surface area (Å²) in [7, 11) is -4.97. The number of rotatable bonds is 1. The van der Waals surface area contributed by atoms with Crippen molar-refractivity contribution in [1.82, 2.24) is 0 Å². The third-order valence-electron chi connectivity index (χ3n) is 1.29. The van der Waals surface area contributed by atoms with Crippen LogP contribution in [-0.2, 0) is 0 Å². The summed E-state index contributed by atoms with van der Waals surface area (Å²) in [5, 5.41) is -1.22. The molecule has 0 unspecified atom stereocenters. The average molecular weight is 284 g/mol. The van der Waals surface area contributed by atoms with Crippen LogP contribution in [0.4, 0.5) is 0 Å². The van der Waals surface area contributed by atoms with Crippen molar-refractivity contribution in [3.63, 3.8) is 0 Å². The minimum Gasteiger partial charge on any atom is -0.683 e. The first-order valence-corrected chi connectivity index (χ1v) is 5.68. The van der Waals surface area contributed by atoms with E-state index in [4.69, 9.17) is 34.8 Å². The van der Waals surface area contributed by atoms with Crippen LogP contribution >= 0.6 is 42.7 Å². The Balaban J connectivity index is 0.00000169. The average Bonchev–Trinajstić information content (AvgIpc) is 1.95. The molecule has 72 valence electrons. The normalized spacial score (nSPS) is 11.0. The predicted molar refractivity (Wildman–Crippen MR) is 53.8 cm³/mol. The van der Waals surface area contributed by atoms with Crippen LogP contribution < -0.4 is 20.0 Å². The van der Waals surface area contributed by atoms with Gasteiger partial charge < -0.3 is 14.7 Å². The van der Waals surface area contributed by atoms with Crippen molar-refractivity contribution in [2.24, 2.45) is 0 Å². The molecule has 0 aliphatic carbocycles. The summed E-state index contributed by atoms with van der Waals surface area (Å²) in [4.78, 5) is 32.0. The van der Waals surface area contributed by atoms with E-state index in [1.807, 2.05) is 0 Å². The third-order valence-corrected chi connectivity index (χ3v) is 3.69. The Morgan fingerprint density at radius 3 is 1.71 bits per heavy atom. The maximum absolute atomic E-state index is 10.7. The molecule has 0 spiro atoms. The van der Waals surface area contributed by atoms with E-state index in [0.29, 0.717) is 0 Å². The van der Waals surface area contributed by atoms with E-state index in [1.165, 1.54) is 12.1 Å². The predicted octanol–water partition coefficient (Wildman–Crippen LogP) is -0.265. The fraction of sp³-hybridized carbons (Fsp3) is 0. The Morgan fingerprint density at radius 1 is 0.929 bits per heavy atom. The maximum Gasteiger partial charge on any atom is 2.00 e. The van der Waals surface area contributed by atoms with Crippen LogP contribution in [0.1, 0.15) is 0 Å². The number of hydrogen-bond donors (Lipinski definition) is 0. The van der Waals surface area contributed by atoms with Gasteiger partial charge in [0.15, 0.2) is 0 Å². The van der Waals surface area contributed by atoms with Gasteiger partial charge in [-0.1, -0.05) is 34.8 Å². The summed E-state index contributed by atoms with van der Waals surface area (Å²) < 4.78 is 0. The van der Waals surface area contributed by atoms with Crippen molar-refractivity contribution in [2.45, 2.75) is 0 Å². The molecule has 0 bridgehead atoms. The van der Waals surface area contributed by atoms with Gasteiger partial charge >= 0.3 is 23.1 Å². The van der Waals surface area contributed by atoms with E-state index in [1.54, 1.807) is 0 Å². The zero-order chi connectivity index (χ0) is 10.2. The van der Waals surface area contributed by atoms with E-state index in [0.717, 1.165) is 0 Å². The molecule has 14 heavy (non-hydrogen) atoms. The van der Waals surface area contributed by atoms with Gasteiger partial charge in [-0.2, -0.15) is 0 Å². The molecule has 0 saturated heterocycles. The van der Waals surface area contributed by atoms with Crippen LogP contribution in [0.25, 0.3) is 0 Å². The topological polar surface area (TPSA) is 69.2 Å². The van der Waals surface area contributed by atoms with Crippen molar-refractivity contribution in [1.29, 1.82) is 0 Å². The van der Waals surface area contributed by atoms with Crippen molar-refractivity contribution in [2.75, 3.05) is 0 Å². The maximum atomic E-state index is 10.7. The second kappa shape index (κ2) is 5.48. The first-order valence-electron chi connectivity index (χ1n) is 3.00. The van der Waals surface area contributed by atoms with Crippen molar-refractivity contribution < 1.29 is 14.7 Å². The molecule has 0 heterocycles. The number of hydrogen-bond acceptors (Lipinski definition) is 3. The Morgan fingerprint density at radius 2 is 1.36 bits per heavy atom. The van der Waals surface area contributed by atoms with E-state index in [9.17, 15) is 14.7 Å². The second-order valence-electron chi connectivity index (χ2n) is 2.19. The molecule has 0 N–H and O–H groups in total. The Bertz CT molecular complexity index is 342. The van der Waals surface area contributed by atoms with Gasteiger partial charge in [-0.15, -0.1) is 7.94 Å². The molecular formula is C6H2Cl3MgO3P. The molecule has 0 fully saturated rings. The summed E-state index contributed by atoms with van der Waals surface area (Å²) >= 11 is 16.5. The smallest absolute Gasteiger partial charge is 0.683 e. The SMILES string of the molecule is [Mg+2].[O-][P+]([O-])([O-])c1c(Cl)ccc(Cl)c1Cl.